The summed E-state index contributed by atoms with van der Waals surface area (Å²) in [5.41, 5.74) is 2.00. The maximum atomic E-state index is 12.7. The van der Waals surface area contributed by atoms with E-state index in [4.69, 9.17) is 16.3 Å². The first kappa shape index (κ1) is 19.0. The van der Waals surface area contributed by atoms with Crippen LogP contribution in [0.2, 0.25) is 5.02 Å². The fraction of sp³-hybridized carbons (Fsp3) is 0.238. The zero-order valence-corrected chi connectivity index (χ0v) is 16.0. The summed E-state index contributed by atoms with van der Waals surface area (Å²) in [4.78, 5) is 29.9. The Morgan fingerprint density at radius 2 is 1.81 bits per heavy atom. The Kier molecular flexibility index (Phi) is 5.81. The second-order valence-corrected chi connectivity index (χ2v) is 6.82. The van der Waals surface area contributed by atoms with Gasteiger partial charge < -0.3 is 14.6 Å². The number of para-hydroxylation sites is 1. The second kappa shape index (κ2) is 8.27. The molecule has 0 aliphatic rings. The van der Waals surface area contributed by atoms with Crippen LogP contribution in [0.1, 0.15) is 22.5 Å². The minimum atomic E-state index is -0.519. The number of H-pyrrole nitrogens is 1. The Hall–Kier alpha value is -2.79. The van der Waals surface area contributed by atoms with Gasteiger partial charge in [0, 0.05) is 35.2 Å². The number of hydrogen-bond acceptors (Lipinski definition) is 3. The lowest BCUT2D eigenvalue weighted by Crippen LogP contribution is -2.34. The van der Waals surface area contributed by atoms with E-state index in [-0.39, 0.29) is 0 Å². The molecule has 6 heteroatoms. The van der Waals surface area contributed by atoms with Gasteiger partial charge in [0.1, 0.15) is 5.75 Å². The van der Waals surface area contributed by atoms with Crippen molar-refractivity contribution in [2.75, 3.05) is 20.2 Å². The van der Waals surface area contributed by atoms with Crippen molar-refractivity contribution in [1.29, 1.82) is 0 Å². The third-order valence-electron chi connectivity index (χ3n) is 4.38. The third-order valence-corrected chi connectivity index (χ3v) is 4.63. The Balaban J connectivity index is 1.57. The zero-order valence-electron chi connectivity index (χ0n) is 15.3. The molecule has 0 atom stereocenters. The fourth-order valence-corrected chi connectivity index (χ4v) is 3.10. The lowest BCUT2D eigenvalue weighted by molar-refractivity contribution is -0.125. The van der Waals surface area contributed by atoms with Gasteiger partial charge in [0.25, 0.3) is 11.7 Å². The maximum Gasteiger partial charge on any atom is 0.294 e. The molecule has 3 aromatic rings. The molecule has 0 unspecified atom stereocenters. The van der Waals surface area contributed by atoms with Crippen LogP contribution in [0.5, 0.6) is 5.75 Å². The van der Waals surface area contributed by atoms with Gasteiger partial charge in [0.05, 0.1) is 12.2 Å². The number of halogens is 1. The van der Waals surface area contributed by atoms with E-state index in [1.165, 1.54) is 4.90 Å². The predicted molar refractivity (Wildman–Crippen MR) is 107 cm³/mol. The van der Waals surface area contributed by atoms with E-state index in [2.05, 4.69) is 4.98 Å². The molecule has 0 aliphatic heterocycles. The van der Waals surface area contributed by atoms with Gasteiger partial charge in [-0.2, -0.15) is 0 Å². The van der Waals surface area contributed by atoms with Gasteiger partial charge in [-0.05, 0) is 43.7 Å². The van der Waals surface area contributed by atoms with Crippen LogP contribution >= 0.6 is 11.6 Å². The standard InChI is InChI=1S/C21H21ClN2O3/c1-14-19(17-6-3-4-7-18(17)23-14)20(25)21(26)24(2)12-5-13-27-16-10-8-15(22)9-11-16/h3-4,6-11,23H,5,12-13H2,1-2H3. The molecule has 0 bridgehead atoms. The Morgan fingerprint density at radius 3 is 2.56 bits per heavy atom. The first-order chi connectivity index (χ1) is 13.0. The number of carbonyl (C=O) groups is 2. The number of Topliss-reactive ketones (excluding diaryl/α,β-unsaturated/α-hetero) is 1. The molecule has 5 nitrogen and oxygen atoms in total. The number of benzene rings is 2. The van der Waals surface area contributed by atoms with Crippen molar-refractivity contribution in [2.24, 2.45) is 0 Å². The van der Waals surface area contributed by atoms with E-state index in [1.54, 1.807) is 38.2 Å². The normalized spacial score (nSPS) is 10.8. The summed E-state index contributed by atoms with van der Waals surface area (Å²) >= 11 is 5.83. The molecule has 0 fully saturated rings. The number of amides is 1. The van der Waals surface area contributed by atoms with E-state index >= 15 is 0 Å². The monoisotopic (exact) mass is 384 g/mol. The van der Waals surface area contributed by atoms with Crippen molar-refractivity contribution in [1.82, 2.24) is 9.88 Å². The molecule has 27 heavy (non-hydrogen) atoms. The van der Waals surface area contributed by atoms with Crippen LogP contribution in [-0.4, -0.2) is 41.8 Å². The number of fused-ring (bicyclic) bond motifs is 1. The molecule has 1 amide bonds. The number of aromatic nitrogens is 1. The molecule has 2 aromatic carbocycles. The van der Waals surface area contributed by atoms with E-state index in [1.807, 2.05) is 24.3 Å². The van der Waals surface area contributed by atoms with Crippen molar-refractivity contribution in [2.45, 2.75) is 13.3 Å². The molecular weight excluding hydrogens is 364 g/mol. The van der Waals surface area contributed by atoms with Crippen molar-refractivity contribution >= 4 is 34.2 Å². The van der Waals surface area contributed by atoms with Gasteiger partial charge in [-0.15, -0.1) is 0 Å². The molecule has 0 spiro atoms. The predicted octanol–water partition coefficient (Wildman–Crippen LogP) is 4.24. The first-order valence-corrected chi connectivity index (χ1v) is 9.10. The highest BCUT2D eigenvalue weighted by molar-refractivity contribution is 6.45. The molecule has 0 saturated heterocycles. The summed E-state index contributed by atoms with van der Waals surface area (Å²) in [6.07, 6.45) is 0.616. The van der Waals surface area contributed by atoms with Crippen LogP contribution in [0, 0.1) is 6.92 Å². The van der Waals surface area contributed by atoms with Crippen LogP contribution < -0.4 is 4.74 Å². The number of aryl methyl sites for hydroxylation is 1. The highest BCUT2D eigenvalue weighted by Crippen LogP contribution is 2.23. The first-order valence-electron chi connectivity index (χ1n) is 8.73. The molecular formula is C21H21ClN2O3. The smallest absolute Gasteiger partial charge is 0.294 e. The number of nitrogens with zero attached hydrogens (tertiary/aromatic N) is 1. The van der Waals surface area contributed by atoms with Gasteiger partial charge in [-0.3, -0.25) is 9.59 Å². The van der Waals surface area contributed by atoms with Crippen LogP contribution in [0.15, 0.2) is 48.5 Å². The number of ether oxygens (including phenoxy) is 1. The van der Waals surface area contributed by atoms with E-state index < -0.39 is 11.7 Å². The number of rotatable bonds is 7. The highest BCUT2D eigenvalue weighted by atomic mass is 35.5. The van der Waals surface area contributed by atoms with Crippen molar-refractivity contribution in [3.8, 4) is 5.75 Å². The number of hydrogen-bond donors (Lipinski definition) is 1. The average Bonchev–Trinajstić information content (AvgIpc) is 3.01. The van der Waals surface area contributed by atoms with E-state index in [0.29, 0.717) is 35.9 Å². The topological polar surface area (TPSA) is 62.4 Å². The number of carbonyl (C=O) groups excluding carboxylic acids is 2. The molecule has 3 rings (SSSR count). The van der Waals surface area contributed by atoms with Gasteiger partial charge in [-0.1, -0.05) is 29.8 Å². The second-order valence-electron chi connectivity index (χ2n) is 6.38. The summed E-state index contributed by atoms with van der Waals surface area (Å²) < 4.78 is 5.61. The number of ketones is 1. The molecule has 0 saturated carbocycles. The molecule has 1 heterocycles. The summed E-state index contributed by atoms with van der Waals surface area (Å²) in [5.74, 6) is -0.292. The van der Waals surface area contributed by atoms with Crippen LogP contribution in [0.4, 0.5) is 0 Å². The summed E-state index contributed by atoms with van der Waals surface area (Å²) in [6, 6.07) is 14.6. The van der Waals surface area contributed by atoms with E-state index in [9.17, 15) is 9.59 Å². The van der Waals surface area contributed by atoms with Crippen molar-refractivity contribution in [3.63, 3.8) is 0 Å². The molecule has 1 aromatic heterocycles. The summed E-state index contributed by atoms with van der Waals surface area (Å²) in [7, 11) is 1.63. The lowest BCUT2D eigenvalue weighted by atomic mass is 10.1. The minimum Gasteiger partial charge on any atom is -0.494 e. The number of nitrogens with one attached hydrogen (secondary N) is 1. The number of aromatic amines is 1. The maximum absolute atomic E-state index is 12.7. The van der Waals surface area contributed by atoms with Crippen LogP contribution in [-0.2, 0) is 4.79 Å². The minimum absolute atomic E-state index is 0.430. The molecule has 1 N–H and O–H groups in total. The van der Waals surface area contributed by atoms with Gasteiger partial charge in [0.15, 0.2) is 0 Å². The van der Waals surface area contributed by atoms with Gasteiger partial charge in [-0.25, -0.2) is 0 Å². The quantitative estimate of drug-likeness (QED) is 0.376. The average molecular weight is 385 g/mol. The van der Waals surface area contributed by atoms with Crippen LogP contribution in [0.25, 0.3) is 10.9 Å². The number of likely N-dealkylation sites (N-methyl/N-ethyl adjacent to an activating group) is 1. The van der Waals surface area contributed by atoms with Gasteiger partial charge >= 0.3 is 0 Å². The van der Waals surface area contributed by atoms with Crippen LogP contribution in [0.3, 0.4) is 0 Å². The largest absolute Gasteiger partial charge is 0.494 e. The Bertz CT molecular complexity index is 963. The lowest BCUT2D eigenvalue weighted by Gasteiger charge is -2.16. The fourth-order valence-electron chi connectivity index (χ4n) is 2.97. The SMILES string of the molecule is Cc1[nH]c2ccccc2c1C(=O)C(=O)N(C)CCCOc1ccc(Cl)cc1. The van der Waals surface area contributed by atoms with Crippen molar-refractivity contribution in [3.05, 3.63) is 64.8 Å². The summed E-state index contributed by atoms with van der Waals surface area (Å²) in [6.45, 7) is 2.68. The Labute approximate surface area is 162 Å². The molecule has 140 valence electrons. The molecule has 0 radical (unpaired) electrons. The third kappa shape index (κ3) is 4.31. The van der Waals surface area contributed by atoms with Gasteiger partial charge in [0.2, 0.25) is 0 Å². The zero-order chi connectivity index (χ0) is 19.4. The highest BCUT2D eigenvalue weighted by Gasteiger charge is 2.25. The Morgan fingerprint density at radius 1 is 1.11 bits per heavy atom. The summed E-state index contributed by atoms with van der Waals surface area (Å²) in [5, 5.41) is 1.42. The molecule has 0 aliphatic carbocycles. The van der Waals surface area contributed by atoms with Crippen molar-refractivity contribution < 1.29 is 14.3 Å². The van der Waals surface area contributed by atoms with E-state index in [0.717, 1.165) is 16.7 Å².